The number of carbonyl (C=O) groups excluding carboxylic acids is 2. The zero-order chi connectivity index (χ0) is 21.7. The van der Waals surface area contributed by atoms with Gasteiger partial charge in [0, 0.05) is 19.2 Å². The summed E-state index contributed by atoms with van der Waals surface area (Å²) in [4.78, 5) is 37.4. The lowest BCUT2D eigenvalue weighted by Gasteiger charge is -2.17. The molecule has 2 aromatic rings. The molecule has 1 aliphatic heterocycles. The number of amides is 1. The number of esters is 1. The average Bonchev–Trinajstić information content (AvgIpc) is 3.26. The minimum absolute atomic E-state index is 0.0191. The lowest BCUT2D eigenvalue weighted by Crippen LogP contribution is -2.22. The van der Waals surface area contributed by atoms with Crippen LogP contribution >= 0.6 is 0 Å². The molecule has 1 amide bonds. The molecule has 1 fully saturated rings. The fourth-order valence-corrected chi connectivity index (χ4v) is 3.34. The van der Waals surface area contributed by atoms with Crippen molar-refractivity contribution in [2.75, 3.05) is 37.0 Å². The molecule has 0 aliphatic carbocycles. The van der Waals surface area contributed by atoms with Gasteiger partial charge in [0.2, 0.25) is 0 Å². The number of nitrogens with zero attached hydrogens (tertiary/aromatic N) is 2. The third-order valence-corrected chi connectivity index (χ3v) is 4.82. The second kappa shape index (κ2) is 9.25. The Bertz CT molecular complexity index is 969. The Balaban J connectivity index is 1.66. The maximum absolute atomic E-state index is 12.3. The third kappa shape index (κ3) is 4.86. The van der Waals surface area contributed by atoms with Crippen LogP contribution in [-0.4, -0.2) is 43.6 Å². The highest BCUT2D eigenvalue weighted by atomic mass is 16.6. The normalized spacial score (nSPS) is 13.1. The Labute approximate surface area is 173 Å². The highest BCUT2D eigenvalue weighted by molar-refractivity contribution is 5.97. The fraction of sp³-hybridized carbons (Fsp3) is 0.333. The van der Waals surface area contributed by atoms with Crippen molar-refractivity contribution in [3.63, 3.8) is 0 Å². The number of anilines is 2. The summed E-state index contributed by atoms with van der Waals surface area (Å²) in [5.41, 5.74) is 1.74. The number of hydrogen-bond donors (Lipinski definition) is 1. The number of hydrogen-bond acceptors (Lipinski definition) is 7. The van der Waals surface area contributed by atoms with Crippen LogP contribution in [0.3, 0.4) is 0 Å². The first kappa shape index (κ1) is 21.1. The van der Waals surface area contributed by atoms with E-state index in [-0.39, 0.29) is 11.3 Å². The predicted octanol–water partition coefficient (Wildman–Crippen LogP) is 3.31. The molecular formula is C21H23N3O6. The maximum atomic E-state index is 12.3. The largest absolute Gasteiger partial charge is 0.495 e. The highest BCUT2D eigenvalue weighted by Crippen LogP contribution is 2.32. The number of nitrogens with one attached hydrogen (secondary N) is 1. The molecule has 0 spiro atoms. The van der Waals surface area contributed by atoms with Crippen LogP contribution in [0.1, 0.15) is 28.8 Å². The molecule has 0 radical (unpaired) electrons. The monoisotopic (exact) mass is 413 g/mol. The zero-order valence-corrected chi connectivity index (χ0v) is 16.8. The lowest BCUT2D eigenvalue weighted by atomic mass is 10.1. The van der Waals surface area contributed by atoms with Crippen molar-refractivity contribution in [3.05, 3.63) is 57.6 Å². The molecule has 1 heterocycles. The van der Waals surface area contributed by atoms with Crippen LogP contribution in [0.5, 0.6) is 5.75 Å². The molecule has 1 N–H and O–H groups in total. The van der Waals surface area contributed by atoms with Crippen LogP contribution in [-0.2, 0) is 9.53 Å². The van der Waals surface area contributed by atoms with Crippen LogP contribution < -0.4 is 15.0 Å². The van der Waals surface area contributed by atoms with Gasteiger partial charge in [-0.1, -0.05) is 6.07 Å². The summed E-state index contributed by atoms with van der Waals surface area (Å²) in [5.74, 6) is -0.874. The summed E-state index contributed by atoms with van der Waals surface area (Å²) in [6.07, 6.45) is 1.95. The molecule has 0 bridgehead atoms. The predicted molar refractivity (Wildman–Crippen MR) is 111 cm³/mol. The van der Waals surface area contributed by atoms with Gasteiger partial charge in [0.05, 0.1) is 23.3 Å². The maximum Gasteiger partial charge on any atom is 0.338 e. The number of nitro groups is 1. The highest BCUT2D eigenvalue weighted by Gasteiger charge is 2.24. The number of carbonyl (C=O) groups is 2. The fourth-order valence-electron chi connectivity index (χ4n) is 3.34. The Hall–Kier alpha value is -3.62. The minimum atomic E-state index is -0.808. The third-order valence-electron chi connectivity index (χ3n) is 4.82. The second-order valence-corrected chi connectivity index (χ2v) is 6.98. The Morgan fingerprint density at radius 1 is 1.17 bits per heavy atom. The van der Waals surface area contributed by atoms with Gasteiger partial charge >= 0.3 is 5.97 Å². The number of nitro benzene ring substituents is 1. The standard InChI is InChI=1S/C21H23N3O6/c1-14-5-8-19(29-2)16(11-14)22-20(25)13-30-21(26)15-6-7-17(18(12-15)24(27)28)23-9-3-4-10-23/h5-8,11-12H,3-4,9-10,13H2,1-2H3,(H,22,25). The first-order valence-corrected chi connectivity index (χ1v) is 9.54. The molecule has 0 aromatic heterocycles. The molecule has 0 atom stereocenters. The van der Waals surface area contributed by atoms with Crippen LogP contribution in [0.2, 0.25) is 0 Å². The second-order valence-electron chi connectivity index (χ2n) is 6.98. The van der Waals surface area contributed by atoms with Crippen molar-refractivity contribution < 1.29 is 24.0 Å². The van der Waals surface area contributed by atoms with E-state index in [1.807, 2.05) is 17.9 Å². The van der Waals surface area contributed by atoms with Gasteiger partial charge < -0.3 is 19.7 Å². The quantitative estimate of drug-likeness (QED) is 0.421. The molecule has 9 nitrogen and oxygen atoms in total. The van der Waals surface area contributed by atoms with E-state index >= 15 is 0 Å². The van der Waals surface area contributed by atoms with E-state index in [0.29, 0.717) is 17.1 Å². The van der Waals surface area contributed by atoms with Crippen LogP contribution in [0.15, 0.2) is 36.4 Å². The SMILES string of the molecule is COc1ccc(C)cc1NC(=O)COC(=O)c1ccc(N2CCCC2)c([N+](=O)[O-])c1. The van der Waals surface area contributed by atoms with Gasteiger partial charge in [-0.05, 0) is 49.6 Å². The average molecular weight is 413 g/mol. The van der Waals surface area contributed by atoms with E-state index in [9.17, 15) is 19.7 Å². The van der Waals surface area contributed by atoms with Crippen molar-refractivity contribution in [1.29, 1.82) is 0 Å². The molecule has 2 aromatic carbocycles. The summed E-state index contributed by atoms with van der Waals surface area (Å²) in [5, 5.41) is 14.1. The van der Waals surface area contributed by atoms with Gasteiger partial charge in [0.1, 0.15) is 11.4 Å². The van der Waals surface area contributed by atoms with Crippen molar-refractivity contribution in [3.8, 4) is 5.75 Å². The number of benzene rings is 2. The van der Waals surface area contributed by atoms with Gasteiger partial charge in [-0.15, -0.1) is 0 Å². The van der Waals surface area contributed by atoms with E-state index in [2.05, 4.69) is 5.32 Å². The number of ether oxygens (including phenoxy) is 2. The minimum Gasteiger partial charge on any atom is -0.495 e. The van der Waals surface area contributed by atoms with E-state index < -0.39 is 23.4 Å². The zero-order valence-electron chi connectivity index (χ0n) is 16.8. The molecule has 0 saturated carbocycles. The van der Waals surface area contributed by atoms with Crippen LogP contribution in [0.4, 0.5) is 17.1 Å². The summed E-state index contributed by atoms with van der Waals surface area (Å²) < 4.78 is 10.2. The van der Waals surface area contributed by atoms with Gasteiger partial charge in [-0.2, -0.15) is 0 Å². The van der Waals surface area contributed by atoms with Crippen LogP contribution in [0.25, 0.3) is 0 Å². The summed E-state index contributed by atoms with van der Waals surface area (Å²) in [6, 6.07) is 9.52. The number of methoxy groups -OCH3 is 1. The van der Waals surface area contributed by atoms with Crippen molar-refractivity contribution >= 4 is 28.9 Å². The van der Waals surface area contributed by atoms with Gasteiger partial charge in [0.25, 0.3) is 11.6 Å². The molecule has 9 heteroatoms. The van der Waals surface area contributed by atoms with Crippen molar-refractivity contribution in [1.82, 2.24) is 0 Å². The number of aryl methyl sites for hydroxylation is 1. The van der Waals surface area contributed by atoms with Crippen molar-refractivity contribution in [2.24, 2.45) is 0 Å². The Kier molecular flexibility index (Phi) is 6.51. The molecule has 1 aliphatic rings. The molecular weight excluding hydrogens is 390 g/mol. The molecule has 3 rings (SSSR count). The first-order valence-electron chi connectivity index (χ1n) is 9.54. The van der Waals surface area contributed by atoms with Gasteiger partial charge in [-0.3, -0.25) is 14.9 Å². The molecule has 1 saturated heterocycles. The smallest absolute Gasteiger partial charge is 0.338 e. The molecule has 158 valence electrons. The Morgan fingerprint density at radius 2 is 1.90 bits per heavy atom. The van der Waals surface area contributed by atoms with Gasteiger partial charge in [-0.25, -0.2) is 4.79 Å². The van der Waals surface area contributed by atoms with Crippen molar-refractivity contribution in [2.45, 2.75) is 19.8 Å². The van der Waals surface area contributed by atoms with E-state index in [1.54, 1.807) is 18.2 Å². The van der Waals surface area contributed by atoms with E-state index in [0.717, 1.165) is 31.5 Å². The summed E-state index contributed by atoms with van der Waals surface area (Å²) in [7, 11) is 1.49. The summed E-state index contributed by atoms with van der Waals surface area (Å²) in [6.45, 7) is 2.83. The molecule has 30 heavy (non-hydrogen) atoms. The van der Waals surface area contributed by atoms with E-state index in [1.165, 1.54) is 19.2 Å². The topological polar surface area (TPSA) is 111 Å². The Morgan fingerprint density at radius 3 is 2.57 bits per heavy atom. The molecule has 0 unspecified atom stereocenters. The lowest BCUT2D eigenvalue weighted by molar-refractivity contribution is -0.384. The van der Waals surface area contributed by atoms with Gasteiger partial charge in [0.15, 0.2) is 6.61 Å². The van der Waals surface area contributed by atoms with E-state index in [4.69, 9.17) is 9.47 Å². The van der Waals surface area contributed by atoms with Crippen LogP contribution in [0, 0.1) is 17.0 Å². The first-order chi connectivity index (χ1) is 14.4. The summed E-state index contributed by atoms with van der Waals surface area (Å²) >= 11 is 0. The number of rotatable bonds is 7.